The zero-order valence-electron chi connectivity index (χ0n) is 11.2. The van der Waals surface area contributed by atoms with Crippen molar-refractivity contribution in [1.29, 1.82) is 0 Å². The zero-order chi connectivity index (χ0) is 13.9. The number of benzene rings is 1. The van der Waals surface area contributed by atoms with Gasteiger partial charge in [-0.1, -0.05) is 18.7 Å². The minimum Gasteiger partial charge on any atom is -0.376 e. The molecule has 0 radical (unpaired) electrons. The highest BCUT2D eigenvalue weighted by Crippen LogP contribution is 2.27. The van der Waals surface area contributed by atoms with Crippen molar-refractivity contribution in [2.75, 3.05) is 25.1 Å². The van der Waals surface area contributed by atoms with E-state index in [1.807, 2.05) is 24.3 Å². The van der Waals surface area contributed by atoms with E-state index in [1.165, 1.54) is 17.2 Å². The molecule has 0 spiro atoms. The average molecular weight is 268 g/mol. The summed E-state index contributed by atoms with van der Waals surface area (Å²) in [5.74, 6) is -0.212. The van der Waals surface area contributed by atoms with Crippen LogP contribution in [0.15, 0.2) is 53.1 Å². The molecule has 1 aromatic carbocycles. The van der Waals surface area contributed by atoms with Crippen molar-refractivity contribution in [3.05, 3.63) is 53.6 Å². The first-order valence-corrected chi connectivity index (χ1v) is 6.65. The number of hydrogen-bond donors (Lipinski definition) is 1. The fourth-order valence-electron chi connectivity index (χ4n) is 2.51. The molecule has 0 aliphatic carbocycles. The largest absolute Gasteiger partial charge is 0.376 e. The Balaban J connectivity index is 1.88. The molecule has 102 valence electrons. The van der Waals surface area contributed by atoms with Crippen LogP contribution in [0.1, 0.15) is 12.0 Å². The SMILES string of the molecule is C=CC(=O)Nc1cccc(C2=NCC3=C2COCC3)c1. The molecule has 1 amide bonds. The molecular weight excluding hydrogens is 252 g/mol. The molecule has 0 bridgehead atoms. The van der Waals surface area contributed by atoms with Crippen LogP contribution in [0.4, 0.5) is 5.69 Å². The summed E-state index contributed by atoms with van der Waals surface area (Å²) in [6.07, 6.45) is 2.23. The summed E-state index contributed by atoms with van der Waals surface area (Å²) in [4.78, 5) is 16.0. The molecule has 2 aliphatic heterocycles. The van der Waals surface area contributed by atoms with Gasteiger partial charge in [-0.2, -0.15) is 0 Å². The lowest BCUT2D eigenvalue weighted by molar-refractivity contribution is -0.111. The first kappa shape index (κ1) is 12.8. The molecule has 2 heterocycles. The van der Waals surface area contributed by atoms with E-state index in [9.17, 15) is 4.79 Å². The minimum absolute atomic E-state index is 0.212. The van der Waals surface area contributed by atoms with E-state index in [2.05, 4.69) is 16.9 Å². The molecule has 4 nitrogen and oxygen atoms in total. The molecular formula is C16H16N2O2. The van der Waals surface area contributed by atoms with E-state index in [4.69, 9.17) is 4.74 Å². The topological polar surface area (TPSA) is 50.7 Å². The van der Waals surface area contributed by atoms with Gasteiger partial charge in [0.15, 0.2) is 0 Å². The maximum Gasteiger partial charge on any atom is 0.247 e. The van der Waals surface area contributed by atoms with Crippen molar-refractivity contribution in [3.8, 4) is 0 Å². The van der Waals surface area contributed by atoms with Gasteiger partial charge in [-0.3, -0.25) is 9.79 Å². The summed E-state index contributed by atoms with van der Waals surface area (Å²) in [6.45, 7) is 5.65. The molecule has 2 aliphatic rings. The van der Waals surface area contributed by atoms with Crippen LogP contribution < -0.4 is 5.32 Å². The van der Waals surface area contributed by atoms with Crippen molar-refractivity contribution in [2.45, 2.75) is 6.42 Å². The normalized spacial score (nSPS) is 17.5. The van der Waals surface area contributed by atoms with E-state index in [0.717, 1.165) is 36.5 Å². The van der Waals surface area contributed by atoms with Crippen molar-refractivity contribution >= 4 is 17.3 Å². The van der Waals surface area contributed by atoms with Crippen LogP contribution in [0.5, 0.6) is 0 Å². The van der Waals surface area contributed by atoms with Gasteiger partial charge in [-0.05, 0) is 30.2 Å². The first-order chi connectivity index (χ1) is 9.78. The Morgan fingerprint density at radius 2 is 2.35 bits per heavy atom. The van der Waals surface area contributed by atoms with E-state index in [0.29, 0.717) is 6.61 Å². The van der Waals surface area contributed by atoms with E-state index >= 15 is 0 Å². The molecule has 0 unspecified atom stereocenters. The van der Waals surface area contributed by atoms with Crippen LogP contribution >= 0.6 is 0 Å². The maximum absolute atomic E-state index is 11.4. The summed E-state index contributed by atoms with van der Waals surface area (Å²) >= 11 is 0. The highest BCUT2D eigenvalue weighted by Gasteiger charge is 2.23. The number of anilines is 1. The second-order valence-corrected chi connectivity index (χ2v) is 4.82. The summed E-state index contributed by atoms with van der Waals surface area (Å²) < 4.78 is 5.53. The minimum atomic E-state index is -0.212. The average Bonchev–Trinajstić information content (AvgIpc) is 2.91. The maximum atomic E-state index is 11.4. The van der Waals surface area contributed by atoms with E-state index in [-0.39, 0.29) is 5.91 Å². The third-order valence-corrected chi connectivity index (χ3v) is 3.52. The van der Waals surface area contributed by atoms with E-state index < -0.39 is 0 Å². The molecule has 0 saturated carbocycles. The molecule has 3 rings (SSSR count). The number of carbonyl (C=O) groups excluding carboxylic acids is 1. The third kappa shape index (κ3) is 2.42. The van der Waals surface area contributed by atoms with Gasteiger partial charge in [0.05, 0.1) is 25.5 Å². The highest BCUT2D eigenvalue weighted by molar-refractivity contribution is 6.15. The molecule has 1 aromatic rings. The smallest absolute Gasteiger partial charge is 0.247 e. The van der Waals surface area contributed by atoms with Crippen LogP contribution in [-0.2, 0) is 9.53 Å². The number of carbonyl (C=O) groups is 1. The lowest BCUT2D eigenvalue weighted by atomic mass is 9.98. The van der Waals surface area contributed by atoms with Gasteiger partial charge in [0, 0.05) is 16.8 Å². The summed E-state index contributed by atoms with van der Waals surface area (Å²) in [5, 5.41) is 2.77. The van der Waals surface area contributed by atoms with E-state index in [1.54, 1.807) is 0 Å². The van der Waals surface area contributed by atoms with Gasteiger partial charge in [0.25, 0.3) is 0 Å². The lowest BCUT2D eigenvalue weighted by Crippen LogP contribution is -2.15. The quantitative estimate of drug-likeness (QED) is 0.855. The van der Waals surface area contributed by atoms with Crippen molar-refractivity contribution in [3.63, 3.8) is 0 Å². The van der Waals surface area contributed by atoms with Gasteiger partial charge in [0.1, 0.15) is 0 Å². The standard InChI is InChI=1S/C16H16N2O2/c1-2-15(19)18-13-5-3-4-11(8-13)16-14-10-20-7-6-12(14)9-17-16/h2-5,8H,1,6-7,9-10H2,(H,18,19). The number of ether oxygens (including phenoxy) is 1. The number of hydrogen-bond acceptors (Lipinski definition) is 3. The molecule has 0 aromatic heterocycles. The van der Waals surface area contributed by atoms with Crippen molar-refractivity contribution in [2.24, 2.45) is 4.99 Å². The molecule has 0 saturated heterocycles. The fourth-order valence-corrected chi connectivity index (χ4v) is 2.51. The number of rotatable bonds is 3. The molecule has 0 fully saturated rings. The first-order valence-electron chi connectivity index (χ1n) is 6.65. The second-order valence-electron chi connectivity index (χ2n) is 4.82. The molecule has 1 N–H and O–H groups in total. The number of nitrogens with one attached hydrogen (secondary N) is 1. The zero-order valence-corrected chi connectivity index (χ0v) is 11.2. The molecule has 20 heavy (non-hydrogen) atoms. The molecule has 4 heteroatoms. The number of aliphatic imine (C=N–C) groups is 1. The Labute approximate surface area is 117 Å². The summed E-state index contributed by atoms with van der Waals surface area (Å²) in [6, 6.07) is 7.71. The van der Waals surface area contributed by atoms with Gasteiger partial charge >= 0.3 is 0 Å². The summed E-state index contributed by atoms with van der Waals surface area (Å²) in [7, 11) is 0. The third-order valence-electron chi connectivity index (χ3n) is 3.52. The second kappa shape index (κ2) is 5.43. The number of nitrogens with zero attached hydrogens (tertiary/aromatic N) is 1. The Hall–Kier alpha value is -2.20. The van der Waals surface area contributed by atoms with Gasteiger partial charge in [0.2, 0.25) is 5.91 Å². The monoisotopic (exact) mass is 268 g/mol. The van der Waals surface area contributed by atoms with Crippen molar-refractivity contribution in [1.82, 2.24) is 0 Å². The van der Waals surface area contributed by atoms with Gasteiger partial charge in [-0.15, -0.1) is 0 Å². The predicted octanol–water partition coefficient (Wildman–Crippen LogP) is 2.33. The fraction of sp³-hybridized carbons (Fsp3) is 0.250. The number of amides is 1. The highest BCUT2D eigenvalue weighted by atomic mass is 16.5. The van der Waals surface area contributed by atoms with Crippen LogP contribution in [0.3, 0.4) is 0 Å². The lowest BCUT2D eigenvalue weighted by Gasteiger charge is -2.16. The van der Waals surface area contributed by atoms with Gasteiger partial charge < -0.3 is 10.1 Å². The predicted molar refractivity (Wildman–Crippen MR) is 79.1 cm³/mol. The van der Waals surface area contributed by atoms with Gasteiger partial charge in [-0.25, -0.2) is 0 Å². The Morgan fingerprint density at radius 1 is 1.45 bits per heavy atom. The Morgan fingerprint density at radius 3 is 3.20 bits per heavy atom. The van der Waals surface area contributed by atoms with Crippen LogP contribution in [-0.4, -0.2) is 31.4 Å². The summed E-state index contributed by atoms with van der Waals surface area (Å²) in [5.41, 5.74) is 5.35. The van der Waals surface area contributed by atoms with Crippen LogP contribution in [0, 0.1) is 0 Å². The van der Waals surface area contributed by atoms with Crippen LogP contribution in [0.25, 0.3) is 0 Å². The Kier molecular flexibility index (Phi) is 3.48. The molecule has 0 atom stereocenters. The van der Waals surface area contributed by atoms with Crippen LogP contribution in [0.2, 0.25) is 0 Å². The Bertz CT molecular complexity index is 629. The van der Waals surface area contributed by atoms with Crippen molar-refractivity contribution < 1.29 is 9.53 Å².